The Morgan fingerprint density at radius 3 is 2.53 bits per heavy atom. The number of thiophene rings is 1. The minimum atomic E-state index is -0.619. The number of allylic oxidation sites excluding steroid dienone is 2. The second kappa shape index (κ2) is 4.42. The highest BCUT2D eigenvalue weighted by molar-refractivity contribution is 14.1. The van der Waals surface area contributed by atoms with Crippen LogP contribution in [0.4, 0.5) is 0 Å². The Morgan fingerprint density at radius 2 is 1.95 bits per heavy atom. The predicted molar refractivity (Wildman–Crippen MR) is 84.0 cm³/mol. The van der Waals surface area contributed by atoms with Crippen molar-refractivity contribution in [1.29, 1.82) is 0 Å². The maximum absolute atomic E-state index is 12.3. The molecule has 0 saturated carbocycles. The Balaban J connectivity index is 2.23. The van der Waals surface area contributed by atoms with Gasteiger partial charge in [-0.05, 0) is 58.3 Å². The highest BCUT2D eigenvalue weighted by Gasteiger charge is 2.47. The summed E-state index contributed by atoms with van der Waals surface area (Å²) >= 11 is 3.70. The Labute approximate surface area is 128 Å². The number of halogens is 1. The molecule has 0 unspecified atom stereocenters. The molecule has 1 aromatic rings. The third kappa shape index (κ3) is 1.75. The summed E-state index contributed by atoms with van der Waals surface area (Å²) in [6.45, 7) is 0. The number of carbonyl (C=O) groups is 2. The molecular weight excluding hydrogens is 373 g/mol. The van der Waals surface area contributed by atoms with Crippen LogP contribution in [-0.4, -0.2) is 29.2 Å². The fraction of sp³-hybridized carbons (Fsp3) is 0.143. The normalized spacial score (nSPS) is 21.1. The predicted octanol–water partition coefficient (Wildman–Crippen LogP) is 2.80. The number of ketones is 1. The maximum atomic E-state index is 12.3. The van der Waals surface area contributed by atoms with Crippen LogP contribution in [0.1, 0.15) is 4.88 Å². The first-order chi connectivity index (χ1) is 9.06. The van der Waals surface area contributed by atoms with Crippen molar-refractivity contribution in [1.82, 2.24) is 4.90 Å². The van der Waals surface area contributed by atoms with Crippen LogP contribution in [-0.2, 0) is 9.59 Å². The van der Waals surface area contributed by atoms with Gasteiger partial charge in [0.15, 0.2) is 5.78 Å². The van der Waals surface area contributed by atoms with Crippen molar-refractivity contribution in [2.75, 3.05) is 7.05 Å². The lowest BCUT2D eigenvalue weighted by Gasteiger charge is -2.34. The summed E-state index contributed by atoms with van der Waals surface area (Å²) in [6, 6.07) is 3.97. The van der Waals surface area contributed by atoms with E-state index >= 15 is 0 Å². The van der Waals surface area contributed by atoms with Crippen LogP contribution in [0.25, 0.3) is 5.57 Å². The van der Waals surface area contributed by atoms with Crippen LogP contribution >= 0.6 is 33.9 Å². The van der Waals surface area contributed by atoms with Gasteiger partial charge in [-0.2, -0.15) is 0 Å². The first-order valence-corrected chi connectivity index (χ1v) is 7.67. The Kier molecular flexibility index (Phi) is 2.98. The maximum Gasteiger partial charge on any atom is 0.261 e. The highest BCUT2D eigenvalue weighted by Crippen LogP contribution is 2.47. The molecule has 1 spiro atoms. The summed E-state index contributed by atoms with van der Waals surface area (Å²) < 4.78 is 0.714. The smallest absolute Gasteiger partial charge is 0.261 e. The van der Waals surface area contributed by atoms with Crippen molar-refractivity contribution in [3.05, 3.63) is 50.3 Å². The lowest BCUT2D eigenvalue weighted by atomic mass is 9.85. The molecule has 96 valence electrons. The molecular formula is C14H10INO2S. The molecule has 1 aromatic heterocycles. The largest absolute Gasteiger partial charge is 0.324 e. The summed E-state index contributed by atoms with van der Waals surface area (Å²) in [5.74, 6) is -0.0495. The van der Waals surface area contributed by atoms with E-state index in [1.54, 1.807) is 23.3 Å². The number of likely N-dealkylation sites (N-methyl/N-ethyl adjacent to an activating group) is 1. The summed E-state index contributed by atoms with van der Waals surface area (Å²) in [6.07, 6.45) is 6.70. The van der Waals surface area contributed by atoms with Crippen molar-refractivity contribution in [3.8, 4) is 0 Å². The second-order valence-electron chi connectivity index (χ2n) is 4.42. The van der Waals surface area contributed by atoms with Crippen molar-refractivity contribution < 1.29 is 9.59 Å². The van der Waals surface area contributed by atoms with Crippen LogP contribution in [0, 0.1) is 0 Å². The molecule has 0 bridgehead atoms. The van der Waals surface area contributed by atoms with Crippen molar-refractivity contribution in [2.45, 2.75) is 5.54 Å². The monoisotopic (exact) mass is 383 g/mol. The molecule has 0 radical (unpaired) electrons. The van der Waals surface area contributed by atoms with Gasteiger partial charge in [-0.15, -0.1) is 11.3 Å². The van der Waals surface area contributed by atoms with Gasteiger partial charge < -0.3 is 4.90 Å². The number of nitrogens with zero attached hydrogens (tertiary/aromatic N) is 1. The van der Waals surface area contributed by atoms with E-state index in [4.69, 9.17) is 0 Å². The molecule has 3 nitrogen and oxygen atoms in total. The zero-order valence-electron chi connectivity index (χ0n) is 10.1. The average molecular weight is 383 g/mol. The van der Waals surface area contributed by atoms with Gasteiger partial charge in [-0.3, -0.25) is 9.59 Å². The third-order valence-electron chi connectivity index (χ3n) is 3.44. The standard InChI is InChI=1S/C14H10INO2S/c1-16-13(18)12(15)11(10-3-2-8-19-10)14(16)6-4-9(17)5-7-14/h2-8H,1H3. The first kappa shape index (κ1) is 12.8. The van der Waals surface area contributed by atoms with Crippen LogP contribution < -0.4 is 0 Å². The topological polar surface area (TPSA) is 37.4 Å². The number of carbonyl (C=O) groups excluding carboxylic acids is 2. The van der Waals surface area contributed by atoms with E-state index in [0.29, 0.717) is 3.58 Å². The van der Waals surface area contributed by atoms with E-state index in [2.05, 4.69) is 22.6 Å². The third-order valence-corrected chi connectivity index (χ3v) is 5.33. The van der Waals surface area contributed by atoms with E-state index in [0.717, 1.165) is 10.5 Å². The van der Waals surface area contributed by atoms with Crippen molar-refractivity contribution in [3.63, 3.8) is 0 Å². The average Bonchev–Trinajstić information content (AvgIpc) is 2.98. The van der Waals surface area contributed by atoms with E-state index in [-0.39, 0.29) is 11.7 Å². The van der Waals surface area contributed by atoms with Gasteiger partial charge in [0.1, 0.15) is 5.54 Å². The van der Waals surface area contributed by atoms with Crippen molar-refractivity contribution in [2.24, 2.45) is 0 Å². The van der Waals surface area contributed by atoms with Crippen LogP contribution in [0.15, 0.2) is 45.4 Å². The summed E-state index contributed by atoms with van der Waals surface area (Å²) in [4.78, 5) is 26.4. The van der Waals surface area contributed by atoms with Gasteiger partial charge in [0, 0.05) is 17.5 Å². The molecule has 1 aliphatic heterocycles. The van der Waals surface area contributed by atoms with Gasteiger partial charge in [-0.1, -0.05) is 6.07 Å². The Hall–Kier alpha value is -1.21. The molecule has 0 fully saturated rings. The van der Waals surface area contributed by atoms with Gasteiger partial charge in [0.05, 0.1) is 3.58 Å². The molecule has 3 rings (SSSR count). The zero-order chi connectivity index (χ0) is 13.6. The number of hydrogen-bond acceptors (Lipinski definition) is 3. The molecule has 1 amide bonds. The van der Waals surface area contributed by atoms with Crippen LogP contribution in [0.3, 0.4) is 0 Å². The molecule has 5 heteroatoms. The zero-order valence-corrected chi connectivity index (χ0v) is 13.1. The van der Waals surface area contributed by atoms with Gasteiger partial charge >= 0.3 is 0 Å². The van der Waals surface area contributed by atoms with E-state index in [9.17, 15) is 9.59 Å². The lowest BCUT2D eigenvalue weighted by molar-refractivity contribution is -0.125. The van der Waals surface area contributed by atoms with Gasteiger partial charge in [0.2, 0.25) is 0 Å². The SMILES string of the molecule is CN1C(=O)C(I)=C(c2cccs2)C12C=CC(=O)C=C2. The first-order valence-electron chi connectivity index (χ1n) is 5.71. The summed E-state index contributed by atoms with van der Waals surface area (Å²) in [5, 5.41) is 1.99. The number of rotatable bonds is 1. The molecule has 1 aliphatic carbocycles. The molecule has 0 aromatic carbocycles. The van der Waals surface area contributed by atoms with Crippen molar-refractivity contribution >= 4 is 51.2 Å². The molecule has 19 heavy (non-hydrogen) atoms. The quantitative estimate of drug-likeness (QED) is 0.700. The molecule has 2 heterocycles. The number of amides is 1. The fourth-order valence-electron chi connectivity index (χ4n) is 2.41. The Bertz CT molecular complexity index is 639. The summed E-state index contributed by atoms with van der Waals surface area (Å²) in [7, 11) is 1.77. The molecule has 0 N–H and O–H groups in total. The fourth-order valence-corrected chi connectivity index (χ4v) is 4.52. The van der Waals surface area contributed by atoms with Gasteiger partial charge in [0.25, 0.3) is 5.91 Å². The van der Waals surface area contributed by atoms with Crippen LogP contribution in [0.2, 0.25) is 0 Å². The van der Waals surface area contributed by atoms with Gasteiger partial charge in [-0.25, -0.2) is 0 Å². The highest BCUT2D eigenvalue weighted by atomic mass is 127. The molecule has 0 saturated heterocycles. The van der Waals surface area contributed by atoms with E-state index < -0.39 is 5.54 Å². The molecule has 0 atom stereocenters. The molecule has 2 aliphatic rings. The number of hydrogen-bond donors (Lipinski definition) is 0. The minimum Gasteiger partial charge on any atom is -0.324 e. The van der Waals surface area contributed by atoms with E-state index in [1.807, 2.05) is 29.7 Å². The lowest BCUT2D eigenvalue weighted by Crippen LogP contribution is -2.43. The van der Waals surface area contributed by atoms with Crippen LogP contribution in [0.5, 0.6) is 0 Å². The summed E-state index contributed by atoms with van der Waals surface area (Å²) in [5.41, 5.74) is 0.349. The minimum absolute atomic E-state index is 0.00681. The Morgan fingerprint density at radius 1 is 1.26 bits per heavy atom. The second-order valence-corrected chi connectivity index (χ2v) is 6.45. The van der Waals surface area contributed by atoms with E-state index in [1.165, 1.54) is 12.2 Å².